The molecule has 1 aromatic rings. The van der Waals surface area contributed by atoms with Crippen molar-refractivity contribution in [1.29, 1.82) is 0 Å². The van der Waals surface area contributed by atoms with Crippen molar-refractivity contribution in [2.24, 2.45) is 11.7 Å². The first-order chi connectivity index (χ1) is 9.16. The molecule has 1 nitrogen and oxygen atoms in total. The topological polar surface area (TPSA) is 26.0 Å². The van der Waals surface area contributed by atoms with Crippen molar-refractivity contribution in [1.82, 2.24) is 0 Å². The van der Waals surface area contributed by atoms with Crippen LogP contribution in [0.1, 0.15) is 50.5 Å². The van der Waals surface area contributed by atoms with Crippen molar-refractivity contribution in [3.63, 3.8) is 0 Å². The molecule has 106 valence electrons. The highest BCUT2D eigenvalue weighted by atomic mass is 35.5. The highest BCUT2D eigenvalue weighted by molar-refractivity contribution is 6.30. The third-order valence-electron chi connectivity index (χ3n) is 4.23. The maximum atomic E-state index is 13.8. The Balaban J connectivity index is 1.96. The molecule has 0 bridgehead atoms. The van der Waals surface area contributed by atoms with Crippen LogP contribution in [0.3, 0.4) is 0 Å². The SMILES string of the molecule is NC(Cc1ccc(Cl)cc1F)C1CCCCCCC1. The Labute approximate surface area is 120 Å². The molecule has 1 saturated carbocycles. The number of hydrogen-bond acceptors (Lipinski definition) is 1. The Hall–Kier alpha value is -0.600. The standard InChI is InChI=1S/C16H23ClFN/c17-14-9-8-13(15(18)11-14)10-16(19)12-6-4-2-1-3-5-7-12/h8-9,11-12,16H,1-7,10,19H2. The normalized spacial score (nSPS) is 19.7. The molecule has 0 saturated heterocycles. The van der Waals surface area contributed by atoms with Crippen LogP contribution in [0.15, 0.2) is 18.2 Å². The number of rotatable bonds is 3. The van der Waals surface area contributed by atoms with Crippen molar-refractivity contribution in [3.8, 4) is 0 Å². The molecule has 0 heterocycles. The van der Waals surface area contributed by atoms with Gasteiger partial charge in [0.15, 0.2) is 0 Å². The van der Waals surface area contributed by atoms with Gasteiger partial charge in [-0.1, -0.05) is 49.8 Å². The summed E-state index contributed by atoms with van der Waals surface area (Å²) >= 11 is 5.77. The molecule has 1 aromatic carbocycles. The van der Waals surface area contributed by atoms with Crippen LogP contribution in [-0.2, 0) is 6.42 Å². The molecule has 1 fully saturated rings. The van der Waals surface area contributed by atoms with Crippen LogP contribution in [0, 0.1) is 11.7 Å². The largest absolute Gasteiger partial charge is 0.327 e. The Kier molecular flexibility index (Phi) is 5.65. The molecule has 1 aliphatic carbocycles. The van der Waals surface area contributed by atoms with Crippen LogP contribution in [0.4, 0.5) is 4.39 Å². The fourth-order valence-corrected chi connectivity index (χ4v) is 3.18. The lowest BCUT2D eigenvalue weighted by molar-refractivity contribution is 0.320. The van der Waals surface area contributed by atoms with E-state index < -0.39 is 0 Å². The first-order valence-corrected chi connectivity index (χ1v) is 7.74. The van der Waals surface area contributed by atoms with Gasteiger partial charge in [0.05, 0.1) is 0 Å². The van der Waals surface area contributed by atoms with Crippen LogP contribution in [0.5, 0.6) is 0 Å². The predicted octanol–water partition coefficient (Wildman–Crippen LogP) is 4.71. The lowest BCUT2D eigenvalue weighted by atomic mass is 9.84. The van der Waals surface area contributed by atoms with Crippen LogP contribution in [0.2, 0.25) is 5.02 Å². The molecule has 2 N–H and O–H groups in total. The second kappa shape index (κ2) is 7.25. The summed E-state index contributed by atoms with van der Waals surface area (Å²) in [6, 6.07) is 4.95. The van der Waals surface area contributed by atoms with E-state index in [1.165, 1.54) is 51.0 Å². The summed E-state index contributed by atoms with van der Waals surface area (Å²) in [5.74, 6) is 0.309. The molecule has 1 atom stereocenters. The molecule has 0 aromatic heterocycles. The maximum Gasteiger partial charge on any atom is 0.127 e. The van der Waals surface area contributed by atoms with Crippen molar-refractivity contribution in [2.45, 2.75) is 57.4 Å². The zero-order valence-electron chi connectivity index (χ0n) is 11.4. The maximum absolute atomic E-state index is 13.8. The first-order valence-electron chi connectivity index (χ1n) is 7.36. The summed E-state index contributed by atoms with van der Waals surface area (Å²) in [7, 11) is 0. The lowest BCUT2D eigenvalue weighted by Crippen LogP contribution is -2.33. The fourth-order valence-electron chi connectivity index (χ4n) is 3.02. The van der Waals surface area contributed by atoms with Gasteiger partial charge in [-0.3, -0.25) is 0 Å². The first kappa shape index (κ1) is 14.8. The van der Waals surface area contributed by atoms with Crippen LogP contribution >= 0.6 is 11.6 Å². The molecular weight excluding hydrogens is 261 g/mol. The van der Waals surface area contributed by atoms with Gasteiger partial charge in [-0.25, -0.2) is 4.39 Å². The van der Waals surface area contributed by atoms with Crippen molar-refractivity contribution in [3.05, 3.63) is 34.6 Å². The van der Waals surface area contributed by atoms with Crippen molar-refractivity contribution >= 4 is 11.6 Å². The molecular formula is C16H23ClFN. The molecule has 0 radical (unpaired) electrons. The van der Waals surface area contributed by atoms with Crippen LogP contribution in [-0.4, -0.2) is 6.04 Å². The quantitative estimate of drug-likeness (QED) is 0.854. The van der Waals surface area contributed by atoms with Gasteiger partial charge in [0, 0.05) is 11.1 Å². The van der Waals surface area contributed by atoms with E-state index in [0.29, 0.717) is 22.9 Å². The van der Waals surface area contributed by atoms with Gasteiger partial charge in [-0.15, -0.1) is 0 Å². The van der Waals surface area contributed by atoms with Gasteiger partial charge in [0.1, 0.15) is 5.82 Å². The van der Waals surface area contributed by atoms with Gasteiger partial charge >= 0.3 is 0 Å². The predicted molar refractivity (Wildman–Crippen MR) is 78.9 cm³/mol. The molecule has 2 rings (SSSR count). The summed E-state index contributed by atoms with van der Waals surface area (Å²) in [6.45, 7) is 0. The van der Waals surface area contributed by atoms with E-state index in [9.17, 15) is 4.39 Å². The molecule has 0 spiro atoms. The highest BCUT2D eigenvalue weighted by Crippen LogP contribution is 2.26. The third kappa shape index (κ3) is 4.47. The van der Waals surface area contributed by atoms with Gasteiger partial charge < -0.3 is 5.73 Å². The summed E-state index contributed by atoms with van der Waals surface area (Å²) in [5, 5.41) is 0.445. The number of benzene rings is 1. The zero-order chi connectivity index (χ0) is 13.7. The van der Waals surface area contributed by atoms with Gasteiger partial charge in [-0.05, 0) is 42.9 Å². The van der Waals surface area contributed by atoms with E-state index in [1.807, 2.05) is 0 Å². The zero-order valence-corrected chi connectivity index (χ0v) is 12.1. The molecule has 3 heteroatoms. The third-order valence-corrected chi connectivity index (χ3v) is 4.46. The summed E-state index contributed by atoms with van der Waals surface area (Å²) in [6.07, 6.45) is 9.52. The van der Waals surface area contributed by atoms with Gasteiger partial charge in [-0.2, -0.15) is 0 Å². The highest BCUT2D eigenvalue weighted by Gasteiger charge is 2.20. The monoisotopic (exact) mass is 283 g/mol. The second-order valence-electron chi connectivity index (χ2n) is 5.71. The van der Waals surface area contributed by atoms with Gasteiger partial charge in [0.25, 0.3) is 0 Å². The van der Waals surface area contributed by atoms with E-state index >= 15 is 0 Å². The van der Waals surface area contributed by atoms with E-state index in [1.54, 1.807) is 12.1 Å². The lowest BCUT2D eigenvalue weighted by Gasteiger charge is -2.26. The van der Waals surface area contributed by atoms with Crippen LogP contribution < -0.4 is 5.73 Å². The average Bonchev–Trinajstić information content (AvgIpc) is 2.32. The van der Waals surface area contributed by atoms with E-state index in [2.05, 4.69) is 0 Å². The second-order valence-corrected chi connectivity index (χ2v) is 6.15. The summed E-state index contributed by atoms with van der Waals surface area (Å²) in [5.41, 5.74) is 7.00. The number of nitrogens with two attached hydrogens (primary N) is 1. The minimum atomic E-state index is -0.228. The molecule has 0 aliphatic heterocycles. The molecule has 0 amide bonds. The van der Waals surface area contributed by atoms with Crippen molar-refractivity contribution < 1.29 is 4.39 Å². The molecule has 19 heavy (non-hydrogen) atoms. The van der Waals surface area contributed by atoms with E-state index in [0.717, 1.165) is 0 Å². The number of halogens is 2. The fraction of sp³-hybridized carbons (Fsp3) is 0.625. The molecule has 1 aliphatic rings. The Morgan fingerprint density at radius 1 is 1.16 bits per heavy atom. The molecule has 1 unspecified atom stereocenters. The Bertz CT molecular complexity index is 400. The Morgan fingerprint density at radius 3 is 2.42 bits per heavy atom. The minimum absolute atomic E-state index is 0.0637. The summed E-state index contributed by atoms with van der Waals surface area (Å²) < 4.78 is 13.8. The van der Waals surface area contributed by atoms with Gasteiger partial charge in [0.2, 0.25) is 0 Å². The Morgan fingerprint density at radius 2 is 1.79 bits per heavy atom. The van der Waals surface area contributed by atoms with Crippen LogP contribution in [0.25, 0.3) is 0 Å². The average molecular weight is 284 g/mol. The minimum Gasteiger partial charge on any atom is -0.327 e. The smallest absolute Gasteiger partial charge is 0.127 e. The van der Waals surface area contributed by atoms with E-state index in [-0.39, 0.29) is 11.9 Å². The number of hydrogen-bond donors (Lipinski definition) is 1. The summed E-state index contributed by atoms with van der Waals surface area (Å²) in [4.78, 5) is 0. The van der Waals surface area contributed by atoms with Crippen molar-refractivity contribution in [2.75, 3.05) is 0 Å². The van der Waals surface area contributed by atoms with E-state index in [4.69, 9.17) is 17.3 Å².